The molecule has 0 saturated carbocycles. The Labute approximate surface area is 153 Å². The van der Waals surface area contributed by atoms with Crippen LogP contribution in [0.25, 0.3) is 5.82 Å². The third-order valence-electron chi connectivity index (χ3n) is 3.14. The molecule has 0 atom stereocenters. The van der Waals surface area contributed by atoms with Crippen molar-refractivity contribution in [1.29, 1.82) is 0 Å². The van der Waals surface area contributed by atoms with E-state index >= 15 is 0 Å². The van der Waals surface area contributed by atoms with Gasteiger partial charge in [-0.2, -0.15) is 5.10 Å². The molecule has 0 fully saturated rings. The van der Waals surface area contributed by atoms with Crippen molar-refractivity contribution in [1.82, 2.24) is 24.7 Å². The molecule has 0 aromatic carbocycles. The minimum Gasteiger partial charge on any atom is -0.367 e. The normalized spacial score (nSPS) is 11.6. The number of sulfonamides is 1. The molecule has 0 aliphatic heterocycles. The molecule has 8 nitrogen and oxygen atoms in total. The molecule has 0 aliphatic carbocycles. The van der Waals surface area contributed by atoms with Crippen LogP contribution in [0.15, 0.2) is 40.7 Å². The molecular formula is C14H15ClN6O2S2. The van der Waals surface area contributed by atoms with Crippen molar-refractivity contribution in [2.45, 2.75) is 11.1 Å². The first-order chi connectivity index (χ1) is 11.9. The highest BCUT2D eigenvalue weighted by molar-refractivity contribution is 7.91. The average molecular weight is 399 g/mol. The maximum absolute atomic E-state index is 12.0. The Balaban J connectivity index is 1.51. The molecule has 25 heavy (non-hydrogen) atoms. The maximum atomic E-state index is 12.0. The number of halogens is 1. The van der Waals surface area contributed by atoms with E-state index in [-0.39, 0.29) is 10.8 Å². The first-order valence-electron chi connectivity index (χ1n) is 7.29. The van der Waals surface area contributed by atoms with Gasteiger partial charge in [0.2, 0.25) is 10.0 Å². The lowest BCUT2D eigenvalue weighted by Gasteiger charge is -2.07. The van der Waals surface area contributed by atoms with Crippen LogP contribution in [0.4, 0.5) is 5.82 Å². The molecule has 3 aromatic rings. The fourth-order valence-electron chi connectivity index (χ4n) is 1.97. The van der Waals surface area contributed by atoms with E-state index in [1.165, 1.54) is 6.07 Å². The van der Waals surface area contributed by atoms with Crippen LogP contribution in [0.2, 0.25) is 4.34 Å². The zero-order chi connectivity index (χ0) is 17.9. The second-order valence-electron chi connectivity index (χ2n) is 5.06. The van der Waals surface area contributed by atoms with E-state index in [9.17, 15) is 8.42 Å². The number of aryl methyl sites for hydroxylation is 1. The molecule has 0 radical (unpaired) electrons. The van der Waals surface area contributed by atoms with Crippen molar-refractivity contribution < 1.29 is 8.42 Å². The molecule has 3 rings (SSSR count). The Morgan fingerprint density at radius 1 is 1.16 bits per heavy atom. The summed E-state index contributed by atoms with van der Waals surface area (Å²) in [6, 6.07) is 8.44. The van der Waals surface area contributed by atoms with Gasteiger partial charge in [-0.1, -0.05) is 11.6 Å². The van der Waals surface area contributed by atoms with Gasteiger partial charge in [-0.3, -0.25) is 0 Å². The van der Waals surface area contributed by atoms with Gasteiger partial charge in [0.1, 0.15) is 10.0 Å². The molecule has 0 unspecified atom stereocenters. The lowest BCUT2D eigenvalue weighted by atomic mass is 10.5. The van der Waals surface area contributed by atoms with Gasteiger partial charge in [0.15, 0.2) is 5.82 Å². The molecule has 2 N–H and O–H groups in total. The van der Waals surface area contributed by atoms with Crippen LogP contribution in [0.5, 0.6) is 0 Å². The van der Waals surface area contributed by atoms with Crippen molar-refractivity contribution in [3.8, 4) is 5.82 Å². The van der Waals surface area contributed by atoms with Crippen LogP contribution in [0.1, 0.15) is 5.69 Å². The molecule has 11 heteroatoms. The van der Waals surface area contributed by atoms with Crippen LogP contribution >= 0.6 is 22.9 Å². The lowest BCUT2D eigenvalue weighted by molar-refractivity contribution is 0.585. The van der Waals surface area contributed by atoms with E-state index in [0.29, 0.717) is 22.5 Å². The second-order valence-corrected chi connectivity index (χ2v) is 8.77. The van der Waals surface area contributed by atoms with Gasteiger partial charge in [0.05, 0.1) is 10.0 Å². The van der Waals surface area contributed by atoms with Crippen molar-refractivity contribution in [3.63, 3.8) is 0 Å². The van der Waals surface area contributed by atoms with Gasteiger partial charge in [-0.05, 0) is 37.3 Å². The van der Waals surface area contributed by atoms with Crippen molar-refractivity contribution in [2.24, 2.45) is 0 Å². The summed E-state index contributed by atoms with van der Waals surface area (Å²) in [4.78, 5) is 0. The molecule has 0 spiro atoms. The SMILES string of the molecule is Cc1ccn(-c2ccc(NCCNS(=O)(=O)c3ccc(Cl)s3)nn2)n1. The standard InChI is InChI=1S/C14H15ClN6O2S2/c1-10-6-9-21(20-10)13-4-3-12(18-19-13)16-7-8-17-25(22,23)14-5-2-11(15)24-14/h2-6,9,17H,7-8H2,1H3,(H,16,18). The quantitative estimate of drug-likeness (QED) is 0.591. The van der Waals surface area contributed by atoms with Gasteiger partial charge in [-0.25, -0.2) is 17.8 Å². The van der Waals surface area contributed by atoms with E-state index in [2.05, 4.69) is 25.3 Å². The minimum atomic E-state index is -3.54. The third kappa shape index (κ3) is 4.54. The number of nitrogens with zero attached hydrogens (tertiary/aromatic N) is 4. The molecule has 132 valence electrons. The summed E-state index contributed by atoms with van der Waals surface area (Å²) >= 11 is 6.77. The Morgan fingerprint density at radius 3 is 2.60 bits per heavy atom. The summed E-state index contributed by atoms with van der Waals surface area (Å²) in [6.07, 6.45) is 1.80. The Hall–Kier alpha value is -2.01. The van der Waals surface area contributed by atoms with Gasteiger partial charge in [0.25, 0.3) is 0 Å². The van der Waals surface area contributed by atoms with Crippen LogP contribution in [-0.4, -0.2) is 41.5 Å². The van der Waals surface area contributed by atoms with Gasteiger partial charge >= 0.3 is 0 Å². The fourth-order valence-corrected chi connectivity index (χ4v) is 4.53. The van der Waals surface area contributed by atoms with E-state index in [4.69, 9.17) is 11.6 Å². The minimum absolute atomic E-state index is 0.191. The van der Waals surface area contributed by atoms with Crippen LogP contribution in [0.3, 0.4) is 0 Å². The molecule has 3 heterocycles. The van der Waals surface area contributed by atoms with E-state index < -0.39 is 10.0 Å². The van der Waals surface area contributed by atoms with Crippen molar-refractivity contribution >= 4 is 38.8 Å². The topological polar surface area (TPSA) is 102 Å². The second kappa shape index (κ2) is 7.48. The first kappa shape index (κ1) is 17.8. The highest BCUT2D eigenvalue weighted by atomic mass is 35.5. The summed E-state index contributed by atoms with van der Waals surface area (Å²) in [5.74, 6) is 1.15. The summed E-state index contributed by atoms with van der Waals surface area (Å²) in [5, 5.41) is 15.4. The summed E-state index contributed by atoms with van der Waals surface area (Å²) in [7, 11) is -3.54. The molecule has 0 amide bonds. The number of hydrogen-bond acceptors (Lipinski definition) is 7. The molecule has 0 aliphatic rings. The van der Waals surface area contributed by atoms with E-state index in [1.54, 1.807) is 29.1 Å². The van der Waals surface area contributed by atoms with Crippen molar-refractivity contribution in [3.05, 3.63) is 46.6 Å². The number of anilines is 1. The third-order valence-corrected chi connectivity index (χ3v) is 6.33. The highest BCUT2D eigenvalue weighted by Crippen LogP contribution is 2.25. The number of aromatic nitrogens is 4. The largest absolute Gasteiger partial charge is 0.367 e. The molecule has 0 bridgehead atoms. The highest BCUT2D eigenvalue weighted by Gasteiger charge is 2.15. The Bertz CT molecular complexity index is 952. The van der Waals surface area contributed by atoms with Gasteiger partial charge in [0, 0.05) is 19.3 Å². The first-order valence-corrected chi connectivity index (χ1v) is 9.97. The Morgan fingerprint density at radius 2 is 2.00 bits per heavy atom. The zero-order valence-electron chi connectivity index (χ0n) is 13.2. The summed E-state index contributed by atoms with van der Waals surface area (Å²) < 4.78 is 28.8. The van der Waals surface area contributed by atoms with Crippen molar-refractivity contribution in [2.75, 3.05) is 18.4 Å². The molecule has 0 saturated heterocycles. The molecule has 3 aromatic heterocycles. The smallest absolute Gasteiger partial charge is 0.250 e. The summed E-state index contributed by atoms with van der Waals surface area (Å²) in [6.45, 7) is 2.47. The Kier molecular flexibility index (Phi) is 5.33. The number of nitrogens with one attached hydrogen (secondary N) is 2. The van der Waals surface area contributed by atoms with Crippen LogP contribution in [-0.2, 0) is 10.0 Å². The monoisotopic (exact) mass is 398 g/mol. The van der Waals surface area contributed by atoms with Gasteiger partial charge < -0.3 is 5.32 Å². The molecular weight excluding hydrogens is 384 g/mol. The predicted molar refractivity (Wildman–Crippen MR) is 96.9 cm³/mol. The van der Waals surface area contributed by atoms with Gasteiger partial charge in [-0.15, -0.1) is 21.5 Å². The maximum Gasteiger partial charge on any atom is 0.250 e. The summed E-state index contributed by atoms with van der Waals surface area (Å²) in [5.41, 5.74) is 0.892. The zero-order valence-corrected chi connectivity index (χ0v) is 15.6. The lowest BCUT2D eigenvalue weighted by Crippen LogP contribution is -2.28. The number of hydrogen-bond donors (Lipinski definition) is 2. The van der Waals surface area contributed by atoms with E-state index in [0.717, 1.165) is 17.0 Å². The average Bonchev–Trinajstić information content (AvgIpc) is 3.21. The number of thiophene rings is 1. The predicted octanol–water partition coefficient (Wildman–Crippen LogP) is 2.08. The van der Waals surface area contributed by atoms with Crippen LogP contribution in [0, 0.1) is 6.92 Å². The van der Waals surface area contributed by atoms with Crippen LogP contribution < -0.4 is 10.0 Å². The number of rotatable bonds is 7. The van der Waals surface area contributed by atoms with E-state index in [1.807, 2.05) is 13.0 Å². The fraction of sp³-hybridized carbons (Fsp3) is 0.214.